The number of anilines is 2. The summed E-state index contributed by atoms with van der Waals surface area (Å²) in [5.41, 5.74) is 1.07. The van der Waals surface area contributed by atoms with Gasteiger partial charge in [-0.05, 0) is 80.3 Å². The number of phenols is 1. The van der Waals surface area contributed by atoms with Crippen LogP contribution in [0.1, 0.15) is 144 Å². The molecule has 0 spiro atoms. The Balaban J connectivity index is 1.51. The minimum Gasteiger partial charge on any atom is -0.508 e. The van der Waals surface area contributed by atoms with Gasteiger partial charge in [0.2, 0.25) is 11.8 Å². The number of Topliss-reactive ketones (excluding diaryl/α,β-unsaturated/α-hetero) is 2. The quantitative estimate of drug-likeness (QED) is 0.0586. The summed E-state index contributed by atoms with van der Waals surface area (Å²) in [5.74, 6) is -4.50. The number of halogens is 2. The Hall–Kier alpha value is -5.91. The topological polar surface area (TPSA) is 148 Å². The maximum Gasteiger partial charge on any atom is 0.514 e. The Morgan fingerprint density at radius 2 is 1.03 bits per heavy atom. The molecule has 0 aliphatic rings. The lowest BCUT2D eigenvalue weighted by atomic mass is 9.79. The lowest BCUT2D eigenvalue weighted by Gasteiger charge is -2.29. The van der Waals surface area contributed by atoms with E-state index in [-0.39, 0.29) is 39.3 Å². The molecule has 0 aromatic heterocycles. The van der Waals surface area contributed by atoms with E-state index in [1.165, 1.54) is 42.5 Å². The molecule has 0 radical (unpaired) electrons. The van der Waals surface area contributed by atoms with Gasteiger partial charge in [-0.3, -0.25) is 19.2 Å². The van der Waals surface area contributed by atoms with Gasteiger partial charge in [0, 0.05) is 29.1 Å². The van der Waals surface area contributed by atoms with Gasteiger partial charge in [-0.15, -0.1) is 0 Å². The van der Waals surface area contributed by atoms with Gasteiger partial charge in [-0.25, -0.2) is 13.6 Å². The van der Waals surface area contributed by atoms with E-state index in [0.29, 0.717) is 22.4 Å². The molecule has 60 heavy (non-hydrogen) atoms. The minimum atomic E-state index is -1.14. The molecule has 2 amide bonds. The van der Waals surface area contributed by atoms with Crippen LogP contribution in [0, 0.1) is 11.6 Å². The van der Waals surface area contributed by atoms with Gasteiger partial charge in [0.1, 0.15) is 29.7 Å². The average Bonchev–Trinajstić information content (AvgIpc) is 3.09. The molecular formula is C48H56F2N2O8. The third kappa shape index (κ3) is 11.9. The summed E-state index contributed by atoms with van der Waals surface area (Å²) >= 11 is 0. The highest BCUT2D eigenvalue weighted by molar-refractivity contribution is 6.12. The molecule has 12 heteroatoms. The number of amides is 2. The zero-order valence-corrected chi connectivity index (χ0v) is 36.5. The van der Waals surface area contributed by atoms with Crippen molar-refractivity contribution in [1.29, 1.82) is 0 Å². The number of ether oxygens (including phenoxy) is 2. The first-order valence-corrected chi connectivity index (χ1v) is 19.7. The Morgan fingerprint density at radius 1 is 0.567 bits per heavy atom. The van der Waals surface area contributed by atoms with E-state index in [1.807, 2.05) is 89.2 Å². The molecular weight excluding hydrogens is 771 g/mol. The van der Waals surface area contributed by atoms with Gasteiger partial charge in [-0.2, -0.15) is 0 Å². The van der Waals surface area contributed by atoms with Crippen LogP contribution >= 0.6 is 0 Å². The molecule has 0 heterocycles. The second kappa shape index (κ2) is 17.7. The van der Waals surface area contributed by atoms with Gasteiger partial charge in [0.25, 0.3) is 0 Å². The van der Waals surface area contributed by atoms with Crippen LogP contribution in [0.4, 0.5) is 25.0 Å². The highest BCUT2D eigenvalue weighted by Gasteiger charge is 2.30. The van der Waals surface area contributed by atoms with Crippen molar-refractivity contribution in [3.05, 3.63) is 117 Å². The van der Waals surface area contributed by atoms with Gasteiger partial charge in [-0.1, -0.05) is 101 Å². The molecule has 3 N–H and O–H groups in total. The summed E-state index contributed by atoms with van der Waals surface area (Å²) in [5, 5.41) is 16.2. The number of hydrogen-bond acceptors (Lipinski definition) is 8. The summed E-state index contributed by atoms with van der Waals surface area (Å²) in [6.45, 7) is 22.8. The number of carbonyl (C=O) groups is 5. The molecule has 320 valence electrons. The van der Waals surface area contributed by atoms with Crippen molar-refractivity contribution in [3.8, 4) is 11.5 Å². The largest absolute Gasteiger partial charge is 0.514 e. The Labute approximate surface area is 351 Å². The van der Waals surface area contributed by atoms with Gasteiger partial charge < -0.3 is 25.2 Å². The lowest BCUT2D eigenvalue weighted by Crippen LogP contribution is -2.24. The van der Waals surface area contributed by atoms with E-state index in [9.17, 15) is 33.5 Å². The van der Waals surface area contributed by atoms with Gasteiger partial charge in [0.05, 0.1) is 24.0 Å². The second-order valence-electron chi connectivity index (χ2n) is 19.0. The van der Waals surface area contributed by atoms with Crippen LogP contribution in [0.3, 0.4) is 0 Å². The predicted molar refractivity (Wildman–Crippen MR) is 228 cm³/mol. The van der Waals surface area contributed by atoms with Crippen molar-refractivity contribution in [2.75, 3.05) is 10.6 Å². The van der Waals surface area contributed by atoms with E-state index in [0.717, 1.165) is 17.7 Å². The molecule has 0 unspecified atom stereocenters. The van der Waals surface area contributed by atoms with Gasteiger partial charge in [0.15, 0.2) is 11.6 Å². The summed E-state index contributed by atoms with van der Waals surface area (Å²) in [6.07, 6.45) is -2.47. The third-order valence-corrected chi connectivity index (χ3v) is 9.73. The smallest absolute Gasteiger partial charge is 0.508 e. The molecule has 0 aliphatic heterocycles. The number of aromatic hydroxyl groups is 1. The molecule has 0 atom stereocenters. The summed E-state index contributed by atoms with van der Waals surface area (Å²) in [7, 11) is 0. The Bertz CT molecular complexity index is 2320. The van der Waals surface area contributed by atoms with E-state index in [2.05, 4.69) is 10.6 Å². The van der Waals surface area contributed by atoms with Crippen molar-refractivity contribution >= 4 is 40.9 Å². The van der Waals surface area contributed by atoms with E-state index >= 15 is 4.39 Å². The monoisotopic (exact) mass is 826 g/mol. The van der Waals surface area contributed by atoms with Crippen molar-refractivity contribution in [2.24, 2.45) is 0 Å². The molecule has 0 bridgehead atoms. The molecule has 0 saturated heterocycles. The number of phenolic OH excluding ortho intramolecular Hbond substituents is 1. The molecule has 0 saturated carbocycles. The zero-order chi connectivity index (χ0) is 45.1. The number of ketones is 2. The lowest BCUT2D eigenvalue weighted by molar-refractivity contribution is -0.116. The Kier molecular flexibility index (Phi) is 13.8. The minimum absolute atomic E-state index is 0.0100. The number of carbonyl (C=O) groups excluding carboxylic acids is 5. The number of benzene rings is 4. The van der Waals surface area contributed by atoms with Crippen LogP contribution in [0.15, 0.2) is 66.7 Å². The maximum absolute atomic E-state index is 15.0. The highest BCUT2D eigenvalue weighted by atomic mass is 19.1. The SMILES string of the molecule is CC(C)(C)c1cc(C(C)(C)C)c(NC(=O)CC(=O)c2cc(COC(=O)Oc3cc(NC(=O)CC(=O)c4ccccc4F)c(C(C)(C)C)cc3C(C)(C)C)ccc2F)cc1O. The molecule has 4 aromatic carbocycles. The van der Waals surface area contributed by atoms with Crippen LogP contribution in [0.25, 0.3) is 0 Å². The van der Waals surface area contributed by atoms with Crippen LogP contribution < -0.4 is 15.4 Å². The number of nitrogens with one attached hydrogen (secondary N) is 2. The maximum atomic E-state index is 15.0. The fraction of sp³-hybridized carbons (Fsp3) is 0.396. The van der Waals surface area contributed by atoms with Crippen LogP contribution in [0.2, 0.25) is 0 Å². The summed E-state index contributed by atoms with van der Waals surface area (Å²) in [4.78, 5) is 65.5. The van der Waals surface area contributed by atoms with Crippen molar-refractivity contribution in [3.63, 3.8) is 0 Å². The predicted octanol–water partition coefficient (Wildman–Crippen LogP) is 11.0. The fourth-order valence-electron chi connectivity index (χ4n) is 6.58. The first kappa shape index (κ1) is 46.8. The van der Waals surface area contributed by atoms with Crippen LogP contribution in [0.5, 0.6) is 11.5 Å². The second-order valence-corrected chi connectivity index (χ2v) is 19.0. The van der Waals surface area contributed by atoms with Crippen molar-refractivity contribution < 1.29 is 47.3 Å². The summed E-state index contributed by atoms with van der Waals surface area (Å²) < 4.78 is 40.3. The molecule has 4 rings (SSSR count). The molecule has 0 fully saturated rings. The normalized spacial score (nSPS) is 12.1. The van der Waals surface area contributed by atoms with Gasteiger partial charge >= 0.3 is 6.16 Å². The van der Waals surface area contributed by atoms with E-state index in [4.69, 9.17) is 9.47 Å². The summed E-state index contributed by atoms with van der Waals surface area (Å²) in [6, 6.07) is 15.5. The average molecular weight is 827 g/mol. The molecule has 0 aliphatic carbocycles. The zero-order valence-electron chi connectivity index (χ0n) is 36.5. The first-order chi connectivity index (χ1) is 27.6. The first-order valence-electron chi connectivity index (χ1n) is 19.7. The van der Waals surface area contributed by atoms with Crippen LogP contribution in [-0.4, -0.2) is 34.6 Å². The van der Waals surface area contributed by atoms with Crippen molar-refractivity contribution in [1.82, 2.24) is 0 Å². The number of hydrogen-bond donors (Lipinski definition) is 3. The Morgan fingerprint density at radius 3 is 1.55 bits per heavy atom. The highest BCUT2D eigenvalue weighted by Crippen LogP contribution is 2.42. The number of rotatable bonds is 11. The van der Waals surface area contributed by atoms with Crippen LogP contribution in [-0.2, 0) is 42.6 Å². The van der Waals surface area contributed by atoms with E-state index < -0.39 is 76.9 Å². The van der Waals surface area contributed by atoms with Crippen molar-refractivity contribution in [2.45, 2.75) is 124 Å². The molecule has 4 aromatic rings. The molecule has 10 nitrogen and oxygen atoms in total. The fourth-order valence-corrected chi connectivity index (χ4v) is 6.58. The standard InChI is InChI=1S/C48H56F2N2O8/c1-45(2,3)30-20-32(47(7,8)9)40(55)22-36(30)51-43(57)25-39(54)29-19-27(17-18-35(29)50)26-59-44(58)60-41-23-37(31(46(4,5)6)21-33(41)48(10,11)12)52-42(56)24-38(53)28-15-13-14-16-34(28)49/h13-23,55H,24-26H2,1-12H3,(H,51,57)(H,52,56). The van der Waals surface area contributed by atoms with E-state index in [1.54, 1.807) is 6.07 Å². The third-order valence-electron chi connectivity index (χ3n) is 9.73.